The first kappa shape index (κ1) is 24.3. The van der Waals surface area contributed by atoms with Gasteiger partial charge in [0.25, 0.3) is 0 Å². The van der Waals surface area contributed by atoms with Crippen LogP contribution in [0.15, 0.2) is 96.2 Å². The van der Waals surface area contributed by atoms with E-state index in [1.807, 2.05) is 54.6 Å². The lowest BCUT2D eigenvalue weighted by Gasteiger charge is -2.16. The third-order valence-corrected chi connectivity index (χ3v) is 7.19. The molecule has 0 unspecified atom stereocenters. The van der Waals surface area contributed by atoms with Crippen molar-refractivity contribution in [2.75, 3.05) is 12.3 Å². The molecule has 0 fully saturated rings. The molecule has 0 atom stereocenters. The summed E-state index contributed by atoms with van der Waals surface area (Å²) in [5.41, 5.74) is 3.09. The quantitative estimate of drug-likeness (QED) is 0.164. The number of rotatable bonds is 11. The SMILES string of the molecule is Clc1ccccc1COc1ccc2ccccc2c1CNCCCSc1nnnn1-c1ccccc1. The molecule has 0 aliphatic heterocycles. The summed E-state index contributed by atoms with van der Waals surface area (Å²) in [6.07, 6.45) is 0.979. The van der Waals surface area contributed by atoms with Crippen molar-refractivity contribution < 1.29 is 4.74 Å². The predicted octanol–water partition coefficient (Wildman–Crippen LogP) is 6.32. The first-order valence-corrected chi connectivity index (χ1v) is 13.2. The van der Waals surface area contributed by atoms with E-state index < -0.39 is 0 Å². The summed E-state index contributed by atoms with van der Waals surface area (Å²) in [5, 5.41) is 19.6. The molecule has 1 aromatic heterocycles. The zero-order chi connectivity index (χ0) is 24.6. The molecule has 0 amide bonds. The van der Waals surface area contributed by atoms with Crippen molar-refractivity contribution in [3.8, 4) is 11.4 Å². The van der Waals surface area contributed by atoms with E-state index in [1.54, 1.807) is 16.4 Å². The summed E-state index contributed by atoms with van der Waals surface area (Å²) in [7, 11) is 0. The number of nitrogens with zero attached hydrogens (tertiary/aromatic N) is 4. The monoisotopic (exact) mass is 515 g/mol. The van der Waals surface area contributed by atoms with Gasteiger partial charge in [0.15, 0.2) is 0 Å². The predicted molar refractivity (Wildman–Crippen MR) is 146 cm³/mol. The summed E-state index contributed by atoms with van der Waals surface area (Å²) in [6.45, 7) is 2.01. The second-order valence-corrected chi connectivity index (χ2v) is 9.70. The highest BCUT2D eigenvalue weighted by Gasteiger charge is 2.11. The fraction of sp³-hybridized carbons (Fsp3) is 0.179. The van der Waals surface area contributed by atoms with Crippen molar-refractivity contribution in [3.63, 3.8) is 0 Å². The van der Waals surface area contributed by atoms with Crippen LogP contribution < -0.4 is 10.1 Å². The minimum atomic E-state index is 0.428. The van der Waals surface area contributed by atoms with Crippen LogP contribution in [-0.2, 0) is 13.2 Å². The minimum Gasteiger partial charge on any atom is -0.488 e. The number of halogens is 1. The number of benzene rings is 4. The van der Waals surface area contributed by atoms with Gasteiger partial charge in [0.1, 0.15) is 12.4 Å². The highest BCUT2D eigenvalue weighted by Crippen LogP contribution is 2.29. The van der Waals surface area contributed by atoms with Crippen LogP contribution in [0.25, 0.3) is 16.5 Å². The van der Waals surface area contributed by atoms with Gasteiger partial charge in [-0.25, -0.2) is 0 Å². The molecule has 0 aliphatic rings. The minimum absolute atomic E-state index is 0.428. The van der Waals surface area contributed by atoms with Crippen molar-refractivity contribution in [1.82, 2.24) is 25.5 Å². The zero-order valence-corrected chi connectivity index (χ0v) is 21.3. The van der Waals surface area contributed by atoms with Crippen LogP contribution >= 0.6 is 23.4 Å². The van der Waals surface area contributed by atoms with E-state index in [4.69, 9.17) is 16.3 Å². The van der Waals surface area contributed by atoms with Gasteiger partial charge in [0, 0.05) is 28.4 Å². The van der Waals surface area contributed by atoms with Crippen molar-refractivity contribution >= 4 is 34.1 Å². The Labute approximate surface area is 219 Å². The highest BCUT2D eigenvalue weighted by atomic mass is 35.5. The average molecular weight is 516 g/mol. The van der Waals surface area contributed by atoms with E-state index in [9.17, 15) is 0 Å². The number of ether oxygens (including phenoxy) is 1. The first-order chi connectivity index (χ1) is 17.8. The van der Waals surface area contributed by atoms with E-state index in [-0.39, 0.29) is 0 Å². The number of aromatic nitrogens is 4. The van der Waals surface area contributed by atoms with Crippen molar-refractivity contribution in [2.24, 2.45) is 0 Å². The molecule has 1 heterocycles. The van der Waals surface area contributed by atoms with Gasteiger partial charge < -0.3 is 10.1 Å². The van der Waals surface area contributed by atoms with Crippen LogP contribution in [0.1, 0.15) is 17.5 Å². The third kappa shape index (κ3) is 5.87. The molecule has 0 bridgehead atoms. The summed E-state index contributed by atoms with van der Waals surface area (Å²) >= 11 is 7.99. The zero-order valence-electron chi connectivity index (χ0n) is 19.7. The lowest BCUT2D eigenvalue weighted by Crippen LogP contribution is -2.16. The topological polar surface area (TPSA) is 64.9 Å². The number of hydrogen-bond donors (Lipinski definition) is 1. The number of thioether (sulfide) groups is 1. The molecule has 36 heavy (non-hydrogen) atoms. The summed E-state index contributed by atoms with van der Waals surface area (Å²) in [6, 6.07) is 30.3. The number of nitrogens with one attached hydrogen (secondary N) is 1. The molecule has 5 aromatic rings. The normalized spacial score (nSPS) is 11.1. The van der Waals surface area contributed by atoms with Gasteiger partial charge in [-0.2, -0.15) is 4.68 Å². The van der Waals surface area contributed by atoms with Gasteiger partial charge >= 0.3 is 0 Å². The molecular formula is C28H26ClN5OS. The lowest BCUT2D eigenvalue weighted by molar-refractivity contribution is 0.303. The largest absolute Gasteiger partial charge is 0.488 e. The van der Waals surface area contributed by atoms with E-state index >= 15 is 0 Å². The Morgan fingerprint density at radius 2 is 1.69 bits per heavy atom. The van der Waals surface area contributed by atoms with Crippen LogP contribution in [0.5, 0.6) is 5.75 Å². The summed E-state index contributed by atoms with van der Waals surface area (Å²) in [4.78, 5) is 0. The van der Waals surface area contributed by atoms with Crippen LogP contribution in [0.3, 0.4) is 0 Å². The fourth-order valence-corrected chi connectivity index (χ4v) is 5.00. The molecule has 4 aromatic carbocycles. The van der Waals surface area contributed by atoms with Gasteiger partial charge in [-0.05, 0) is 58.4 Å². The molecule has 0 spiro atoms. The van der Waals surface area contributed by atoms with E-state index in [0.717, 1.165) is 46.4 Å². The summed E-state index contributed by atoms with van der Waals surface area (Å²) in [5.74, 6) is 1.78. The third-order valence-electron chi connectivity index (χ3n) is 5.81. The maximum atomic E-state index is 6.33. The molecule has 0 radical (unpaired) electrons. The van der Waals surface area contributed by atoms with Crippen LogP contribution in [0.2, 0.25) is 5.02 Å². The molecule has 0 aliphatic carbocycles. The Morgan fingerprint density at radius 3 is 2.58 bits per heavy atom. The fourth-order valence-electron chi connectivity index (χ4n) is 3.98. The van der Waals surface area contributed by atoms with Crippen molar-refractivity contribution in [2.45, 2.75) is 24.7 Å². The Bertz CT molecular complexity index is 1430. The standard InChI is InChI=1S/C28H26ClN5OS/c29-26-14-7-5-10-22(26)20-35-27-16-15-21-9-4-6-13-24(21)25(27)19-30-17-8-18-36-28-31-32-33-34(28)23-11-2-1-3-12-23/h1-7,9-16,30H,8,17-20H2. The van der Waals surface area contributed by atoms with Crippen LogP contribution in [0.4, 0.5) is 0 Å². The van der Waals surface area contributed by atoms with Crippen LogP contribution in [0, 0.1) is 0 Å². The number of fused-ring (bicyclic) bond motifs is 1. The van der Waals surface area contributed by atoms with Crippen molar-refractivity contribution in [3.05, 3.63) is 107 Å². The average Bonchev–Trinajstić information content (AvgIpc) is 3.39. The van der Waals surface area contributed by atoms with Gasteiger partial charge in [-0.15, -0.1) is 5.10 Å². The van der Waals surface area contributed by atoms with Crippen LogP contribution in [-0.4, -0.2) is 32.5 Å². The molecule has 8 heteroatoms. The second kappa shape index (κ2) is 12.0. The Morgan fingerprint density at radius 1 is 0.889 bits per heavy atom. The highest BCUT2D eigenvalue weighted by molar-refractivity contribution is 7.99. The Balaban J connectivity index is 1.19. The number of hydrogen-bond acceptors (Lipinski definition) is 6. The van der Waals surface area contributed by atoms with Crippen molar-refractivity contribution in [1.29, 1.82) is 0 Å². The first-order valence-electron chi connectivity index (χ1n) is 11.8. The maximum Gasteiger partial charge on any atom is 0.214 e. The molecule has 6 nitrogen and oxygen atoms in total. The van der Waals surface area contributed by atoms with Gasteiger partial charge in [-0.3, -0.25) is 0 Å². The molecule has 1 N–H and O–H groups in total. The molecule has 5 rings (SSSR count). The van der Waals surface area contributed by atoms with Gasteiger partial charge in [-0.1, -0.05) is 90.1 Å². The van der Waals surface area contributed by atoms with Gasteiger partial charge in [0.2, 0.25) is 5.16 Å². The van der Waals surface area contributed by atoms with Gasteiger partial charge in [0.05, 0.1) is 5.69 Å². The molecule has 0 saturated heterocycles. The van der Waals surface area contributed by atoms with E-state index in [2.05, 4.69) is 57.2 Å². The Hall–Kier alpha value is -3.39. The maximum absolute atomic E-state index is 6.33. The Kier molecular flexibility index (Phi) is 8.13. The number of para-hydroxylation sites is 1. The molecular weight excluding hydrogens is 490 g/mol. The number of tetrazole rings is 1. The van der Waals surface area contributed by atoms with E-state index in [0.29, 0.717) is 18.2 Å². The lowest BCUT2D eigenvalue weighted by atomic mass is 10.0. The molecule has 182 valence electrons. The van der Waals surface area contributed by atoms with E-state index in [1.165, 1.54) is 10.8 Å². The summed E-state index contributed by atoms with van der Waals surface area (Å²) < 4.78 is 8.02. The second-order valence-electron chi connectivity index (χ2n) is 8.23. The smallest absolute Gasteiger partial charge is 0.214 e. The molecule has 0 saturated carbocycles.